The topological polar surface area (TPSA) is 69.6 Å². The highest BCUT2D eigenvalue weighted by Gasteiger charge is 2.20. The van der Waals surface area contributed by atoms with Crippen LogP contribution in [0.15, 0.2) is 24.3 Å². The van der Waals surface area contributed by atoms with E-state index in [2.05, 4.69) is 43.5 Å². The van der Waals surface area contributed by atoms with Gasteiger partial charge in [0.2, 0.25) is 5.91 Å². The fourth-order valence-corrected chi connectivity index (χ4v) is 8.04. The van der Waals surface area contributed by atoms with Gasteiger partial charge in [0.1, 0.15) is 0 Å². The molecule has 0 aliphatic carbocycles. The average Bonchev–Trinajstić information content (AvgIpc) is 3.20. The molecule has 0 bridgehead atoms. The number of hydrogen-bond acceptors (Lipinski definition) is 3. The zero-order valence-electron chi connectivity index (χ0n) is 38.2. The third-order valence-corrected chi connectivity index (χ3v) is 12.0. The third kappa shape index (κ3) is 44.0. The number of hydrogen-bond donors (Lipinski definition) is 3. The van der Waals surface area contributed by atoms with Crippen molar-refractivity contribution in [3.05, 3.63) is 24.3 Å². The predicted molar refractivity (Wildman–Crippen MR) is 249 cm³/mol. The van der Waals surface area contributed by atoms with Gasteiger partial charge in [-0.3, -0.25) is 4.79 Å². The van der Waals surface area contributed by atoms with Crippen molar-refractivity contribution in [3.8, 4) is 0 Å². The van der Waals surface area contributed by atoms with Gasteiger partial charge < -0.3 is 15.5 Å². The molecular weight excluding hydrogens is 687 g/mol. The summed E-state index contributed by atoms with van der Waals surface area (Å²) in [6.07, 6.45) is 62.8. The monoisotopic (exact) mass is 788 g/mol. The molecule has 0 aliphatic rings. The zero-order valence-corrected chi connectivity index (χ0v) is 38.2. The van der Waals surface area contributed by atoms with Gasteiger partial charge in [-0.2, -0.15) is 0 Å². The van der Waals surface area contributed by atoms with Gasteiger partial charge in [0.15, 0.2) is 0 Å². The second-order valence-corrected chi connectivity index (χ2v) is 17.6. The Morgan fingerprint density at radius 1 is 0.429 bits per heavy atom. The lowest BCUT2D eigenvalue weighted by atomic mass is 10.0. The van der Waals surface area contributed by atoms with E-state index in [9.17, 15) is 15.0 Å². The maximum atomic E-state index is 12.4. The molecule has 0 aliphatic heterocycles. The average molecular weight is 788 g/mol. The summed E-state index contributed by atoms with van der Waals surface area (Å²) < 4.78 is 0. The molecule has 0 rings (SSSR count). The van der Waals surface area contributed by atoms with Crippen molar-refractivity contribution in [2.75, 3.05) is 6.61 Å². The number of carbonyl (C=O) groups excluding carboxylic acids is 1. The van der Waals surface area contributed by atoms with E-state index >= 15 is 0 Å². The Labute approximate surface area is 351 Å². The second kappa shape index (κ2) is 48.2. The summed E-state index contributed by atoms with van der Waals surface area (Å²) in [7, 11) is 0. The van der Waals surface area contributed by atoms with Crippen LogP contribution in [0.5, 0.6) is 0 Å². The van der Waals surface area contributed by atoms with Crippen LogP contribution in [-0.2, 0) is 4.79 Å². The maximum absolute atomic E-state index is 12.4. The Kier molecular flexibility index (Phi) is 47.3. The summed E-state index contributed by atoms with van der Waals surface area (Å²) in [6.45, 7) is 4.36. The Bertz CT molecular complexity index is 810. The lowest BCUT2D eigenvalue weighted by Crippen LogP contribution is -2.45. The van der Waals surface area contributed by atoms with E-state index in [1.54, 1.807) is 0 Å². The number of aliphatic hydroxyl groups is 2. The third-order valence-electron chi connectivity index (χ3n) is 12.0. The summed E-state index contributed by atoms with van der Waals surface area (Å²) in [6, 6.07) is -0.540. The van der Waals surface area contributed by atoms with Crippen LogP contribution in [0, 0.1) is 0 Å². The molecule has 0 spiro atoms. The zero-order chi connectivity index (χ0) is 40.7. The molecule has 0 aromatic heterocycles. The van der Waals surface area contributed by atoms with Crippen LogP contribution >= 0.6 is 0 Å². The number of carbonyl (C=O) groups is 1. The van der Waals surface area contributed by atoms with Gasteiger partial charge >= 0.3 is 0 Å². The number of unbranched alkanes of at least 4 members (excludes halogenated alkanes) is 36. The molecule has 2 atom stereocenters. The van der Waals surface area contributed by atoms with Crippen molar-refractivity contribution in [2.45, 2.75) is 296 Å². The van der Waals surface area contributed by atoms with Crippen molar-refractivity contribution < 1.29 is 15.0 Å². The number of aliphatic hydroxyl groups excluding tert-OH is 2. The van der Waals surface area contributed by atoms with E-state index in [4.69, 9.17) is 0 Å². The van der Waals surface area contributed by atoms with Gasteiger partial charge in [-0.25, -0.2) is 0 Å². The van der Waals surface area contributed by atoms with E-state index in [1.807, 2.05) is 0 Å². The summed E-state index contributed by atoms with van der Waals surface area (Å²) in [5.74, 6) is -0.0359. The number of amides is 1. The maximum Gasteiger partial charge on any atom is 0.220 e. The van der Waals surface area contributed by atoms with Gasteiger partial charge in [0, 0.05) is 6.42 Å². The van der Waals surface area contributed by atoms with Crippen LogP contribution in [0.1, 0.15) is 284 Å². The largest absolute Gasteiger partial charge is 0.394 e. The van der Waals surface area contributed by atoms with Gasteiger partial charge in [-0.1, -0.05) is 256 Å². The lowest BCUT2D eigenvalue weighted by molar-refractivity contribution is -0.123. The quantitative estimate of drug-likeness (QED) is 0.0425. The molecule has 0 aromatic rings. The Hall–Kier alpha value is -1.13. The van der Waals surface area contributed by atoms with Crippen LogP contribution < -0.4 is 5.32 Å². The van der Waals surface area contributed by atoms with E-state index in [0.29, 0.717) is 12.8 Å². The minimum atomic E-state index is -0.662. The van der Waals surface area contributed by atoms with E-state index in [1.165, 1.54) is 225 Å². The fourth-order valence-electron chi connectivity index (χ4n) is 8.04. The molecule has 2 unspecified atom stereocenters. The Balaban J connectivity index is 3.45. The molecule has 332 valence electrons. The summed E-state index contributed by atoms with van der Waals surface area (Å²) >= 11 is 0. The molecule has 3 N–H and O–H groups in total. The van der Waals surface area contributed by atoms with E-state index in [-0.39, 0.29) is 12.5 Å². The minimum absolute atomic E-state index is 0.0359. The first-order valence-corrected chi connectivity index (χ1v) is 25.5. The number of nitrogens with one attached hydrogen (secondary N) is 1. The standard InChI is InChI=1S/C52H101NO3/c1-3-5-7-9-11-13-15-17-19-21-23-24-25-26-27-28-29-30-31-33-35-37-39-41-43-45-47-51(55)50(49-54)53-52(56)48-46-44-42-40-38-36-34-32-22-20-18-16-14-12-10-8-6-4-2/h14,16,20,22,50-51,54-55H,3-13,15,17-19,21,23-49H2,1-2H3,(H,53,56)/b16-14-,22-20-. The number of rotatable bonds is 47. The van der Waals surface area contributed by atoms with Crippen LogP contribution in [0.4, 0.5) is 0 Å². The first-order chi connectivity index (χ1) is 27.7. The van der Waals surface area contributed by atoms with Gasteiger partial charge in [-0.05, 0) is 44.9 Å². The SMILES string of the molecule is CCCCCC/C=C\C/C=C\CCCCCCCCCC(=O)NC(CO)C(O)CCCCCCCCCCCCCCCCCCCCCCCCCCCC. The number of allylic oxidation sites excluding steroid dienone is 4. The van der Waals surface area contributed by atoms with Crippen LogP contribution in [-0.4, -0.2) is 34.9 Å². The second-order valence-electron chi connectivity index (χ2n) is 17.6. The highest BCUT2D eigenvalue weighted by atomic mass is 16.3. The molecule has 1 amide bonds. The first-order valence-electron chi connectivity index (χ1n) is 25.5. The van der Waals surface area contributed by atoms with Gasteiger partial charge in [-0.15, -0.1) is 0 Å². The smallest absolute Gasteiger partial charge is 0.220 e. The Morgan fingerprint density at radius 2 is 0.732 bits per heavy atom. The van der Waals surface area contributed by atoms with Crippen molar-refractivity contribution in [1.29, 1.82) is 0 Å². The molecule has 0 fully saturated rings. The molecule has 0 radical (unpaired) electrons. The predicted octanol–water partition coefficient (Wildman–Crippen LogP) is 16.4. The molecule has 56 heavy (non-hydrogen) atoms. The summed E-state index contributed by atoms with van der Waals surface area (Å²) in [5, 5.41) is 23.3. The van der Waals surface area contributed by atoms with Crippen molar-refractivity contribution >= 4 is 5.91 Å². The Morgan fingerprint density at radius 3 is 1.09 bits per heavy atom. The van der Waals surface area contributed by atoms with Crippen LogP contribution in [0.25, 0.3) is 0 Å². The molecular formula is C52H101NO3. The van der Waals surface area contributed by atoms with E-state index in [0.717, 1.165) is 32.1 Å². The van der Waals surface area contributed by atoms with Crippen molar-refractivity contribution in [1.82, 2.24) is 5.32 Å². The van der Waals surface area contributed by atoms with Crippen LogP contribution in [0.2, 0.25) is 0 Å². The minimum Gasteiger partial charge on any atom is -0.394 e. The van der Waals surface area contributed by atoms with Gasteiger partial charge in [0.25, 0.3) is 0 Å². The molecule has 4 heteroatoms. The molecule has 0 saturated carbocycles. The summed E-state index contributed by atoms with van der Waals surface area (Å²) in [4.78, 5) is 12.4. The van der Waals surface area contributed by atoms with E-state index < -0.39 is 12.1 Å². The molecule has 4 nitrogen and oxygen atoms in total. The highest BCUT2D eigenvalue weighted by Crippen LogP contribution is 2.17. The van der Waals surface area contributed by atoms with Crippen molar-refractivity contribution in [3.63, 3.8) is 0 Å². The fraction of sp³-hybridized carbons (Fsp3) is 0.904. The van der Waals surface area contributed by atoms with Gasteiger partial charge in [0.05, 0.1) is 18.8 Å². The highest BCUT2D eigenvalue weighted by molar-refractivity contribution is 5.76. The lowest BCUT2D eigenvalue weighted by Gasteiger charge is -2.22. The summed E-state index contributed by atoms with van der Waals surface area (Å²) in [5.41, 5.74) is 0. The molecule has 0 heterocycles. The van der Waals surface area contributed by atoms with Crippen LogP contribution in [0.3, 0.4) is 0 Å². The first kappa shape index (κ1) is 54.9. The molecule has 0 saturated heterocycles. The molecule has 0 aromatic carbocycles. The van der Waals surface area contributed by atoms with Crippen molar-refractivity contribution in [2.24, 2.45) is 0 Å². The normalized spacial score (nSPS) is 13.0.